The fraction of sp³-hybridized carbons (Fsp3) is 0. The molecule has 0 N–H and O–H groups in total. The Morgan fingerprint density at radius 2 is 0.417 bits per heavy atom. The number of para-hydroxylation sites is 8. The highest BCUT2D eigenvalue weighted by Crippen LogP contribution is 2.47. The lowest BCUT2D eigenvalue weighted by Gasteiger charge is -2.12. The van der Waals surface area contributed by atoms with Crippen LogP contribution < -0.4 is 0 Å². The number of thiophene rings is 1. The first-order chi connectivity index (χ1) is 53.6. The smallest absolute Gasteiger partial charge is 0.0788 e. The Hall–Kier alpha value is -14.0. The third-order valence-electron chi connectivity index (χ3n) is 22.4. The van der Waals surface area contributed by atoms with Gasteiger partial charge in [-0.05, 0) is 184 Å². The highest BCUT2D eigenvalue weighted by Gasteiger charge is 2.24. The fourth-order valence-electron chi connectivity index (χ4n) is 17.5. The maximum Gasteiger partial charge on any atom is 0.0788 e. The van der Waals surface area contributed by atoms with Crippen LogP contribution in [0.2, 0.25) is 0 Å². The molecule has 0 bridgehead atoms. The number of hydrogen-bond acceptors (Lipinski definition) is 1. The summed E-state index contributed by atoms with van der Waals surface area (Å²) in [4.78, 5) is 0. The minimum atomic E-state index is 1.15. The number of hydrogen-bond donors (Lipinski definition) is 0. The number of nitrogens with zero attached hydrogens (tertiary/aromatic N) is 5. The van der Waals surface area contributed by atoms with Gasteiger partial charge in [-0.2, -0.15) is 0 Å². The van der Waals surface area contributed by atoms with Crippen LogP contribution in [0.3, 0.4) is 0 Å². The monoisotopic (exact) mass is 1390 g/mol. The molecule has 0 spiro atoms. The minimum Gasteiger partial charge on any atom is -0.309 e. The van der Waals surface area contributed by atoms with Gasteiger partial charge in [-0.15, -0.1) is 11.3 Å². The van der Waals surface area contributed by atoms with E-state index in [1.807, 2.05) is 11.3 Å². The second-order valence-corrected chi connectivity index (χ2v) is 29.3. The summed E-state index contributed by atoms with van der Waals surface area (Å²) in [6, 6.07) is 144. The molecule has 0 aliphatic heterocycles. The molecule has 5 nitrogen and oxygen atoms in total. The van der Waals surface area contributed by atoms with Crippen molar-refractivity contribution in [1.82, 2.24) is 22.8 Å². The van der Waals surface area contributed by atoms with E-state index < -0.39 is 0 Å². The zero-order valence-electron chi connectivity index (χ0n) is 58.7. The molecular weight excluding hydrogens is 1330 g/mol. The van der Waals surface area contributed by atoms with Crippen LogP contribution in [0.15, 0.2) is 394 Å². The minimum absolute atomic E-state index is 1.15. The Bertz CT molecular complexity index is 7490. The third kappa shape index (κ3) is 9.71. The summed E-state index contributed by atoms with van der Waals surface area (Å²) in [5.74, 6) is 0. The van der Waals surface area contributed by atoms with Gasteiger partial charge in [0.2, 0.25) is 0 Å². The van der Waals surface area contributed by atoms with E-state index in [1.165, 1.54) is 191 Å². The van der Waals surface area contributed by atoms with E-state index in [9.17, 15) is 0 Å². The molecule has 6 heterocycles. The molecule has 6 heteroatoms. The van der Waals surface area contributed by atoms with Gasteiger partial charge in [-0.25, -0.2) is 0 Å². The summed E-state index contributed by atoms with van der Waals surface area (Å²) in [5.41, 5.74) is 27.7. The summed E-state index contributed by atoms with van der Waals surface area (Å²) in [6.07, 6.45) is 0. The summed E-state index contributed by atoms with van der Waals surface area (Å²) >= 11 is 1.90. The summed E-state index contributed by atoms with van der Waals surface area (Å²) in [7, 11) is 0. The predicted molar refractivity (Wildman–Crippen MR) is 459 cm³/mol. The van der Waals surface area contributed by atoms with Crippen molar-refractivity contribution in [3.05, 3.63) is 394 Å². The van der Waals surface area contributed by atoms with Crippen molar-refractivity contribution in [3.63, 3.8) is 0 Å². The molecule has 108 heavy (non-hydrogen) atoms. The van der Waals surface area contributed by atoms with Crippen molar-refractivity contribution in [1.29, 1.82) is 0 Å². The van der Waals surface area contributed by atoms with Gasteiger partial charge in [0.05, 0.1) is 55.2 Å². The molecule has 0 fully saturated rings. The molecule has 0 radical (unpaired) electrons. The van der Waals surface area contributed by atoms with Crippen LogP contribution in [0, 0.1) is 0 Å². The highest BCUT2D eigenvalue weighted by atomic mass is 32.1. The quantitative estimate of drug-likeness (QED) is 0.138. The van der Waals surface area contributed by atoms with Crippen LogP contribution in [-0.4, -0.2) is 22.8 Å². The van der Waals surface area contributed by atoms with E-state index in [2.05, 4.69) is 417 Å². The van der Waals surface area contributed by atoms with Crippen molar-refractivity contribution < 1.29 is 0 Å². The largest absolute Gasteiger partial charge is 0.309 e. The molecule has 0 aliphatic rings. The van der Waals surface area contributed by atoms with Gasteiger partial charge in [-0.1, -0.05) is 255 Å². The van der Waals surface area contributed by atoms with Crippen molar-refractivity contribution in [3.8, 4) is 72.9 Å². The van der Waals surface area contributed by atoms with Gasteiger partial charge in [0.15, 0.2) is 0 Å². The van der Waals surface area contributed by atoms with Gasteiger partial charge < -0.3 is 22.8 Å². The second-order valence-electron chi connectivity index (χ2n) is 28.3. The molecule has 23 aromatic rings. The Morgan fingerprint density at radius 3 is 0.833 bits per heavy atom. The van der Waals surface area contributed by atoms with Gasteiger partial charge in [0.1, 0.15) is 0 Å². The molecule has 504 valence electrons. The highest BCUT2D eigenvalue weighted by molar-refractivity contribution is 7.26. The summed E-state index contributed by atoms with van der Waals surface area (Å²) in [5, 5.41) is 15.3. The van der Waals surface area contributed by atoms with Crippen LogP contribution in [0.4, 0.5) is 0 Å². The van der Waals surface area contributed by atoms with Gasteiger partial charge in [-0.3, -0.25) is 0 Å². The van der Waals surface area contributed by atoms with Crippen LogP contribution in [-0.2, 0) is 0 Å². The van der Waals surface area contributed by atoms with Crippen LogP contribution in [0.1, 0.15) is 0 Å². The zero-order valence-corrected chi connectivity index (χ0v) is 59.5. The topological polar surface area (TPSA) is 24.6 Å². The van der Waals surface area contributed by atoms with Gasteiger partial charge >= 0.3 is 0 Å². The van der Waals surface area contributed by atoms with Crippen molar-refractivity contribution in [2.24, 2.45) is 0 Å². The first kappa shape index (κ1) is 61.4. The molecule has 6 aromatic heterocycles. The Morgan fingerprint density at radius 1 is 0.157 bits per heavy atom. The molecular formula is C102H65N5S. The van der Waals surface area contributed by atoms with E-state index in [0.717, 1.165) is 11.4 Å². The number of rotatable bonds is 9. The maximum atomic E-state index is 2.46. The molecule has 0 aliphatic carbocycles. The predicted octanol–water partition coefficient (Wildman–Crippen LogP) is 27.9. The van der Waals surface area contributed by atoms with Gasteiger partial charge in [0, 0.05) is 102 Å². The molecule has 17 aromatic carbocycles. The number of aromatic nitrogens is 5. The number of fused-ring (bicyclic) bond motifs is 20. The Balaban J connectivity index is 0.000000135. The molecule has 0 saturated heterocycles. The molecule has 0 amide bonds. The Kier molecular flexibility index (Phi) is 14.1. The third-order valence-corrected chi connectivity index (χ3v) is 23.6. The maximum absolute atomic E-state index is 2.46. The average molecular weight is 1390 g/mol. The average Bonchev–Trinajstić information content (AvgIpc) is 1.55. The lowest BCUT2D eigenvalue weighted by molar-refractivity contribution is 1.15. The van der Waals surface area contributed by atoms with E-state index in [-0.39, 0.29) is 0 Å². The summed E-state index contributed by atoms with van der Waals surface area (Å²) < 4.78 is 14.8. The molecule has 0 unspecified atom stereocenters. The van der Waals surface area contributed by atoms with Crippen LogP contribution in [0.5, 0.6) is 0 Å². The van der Waals surface area contributed by atoms with E-state index in [4.69, 9.17) is 0 Å². The van der Waals surface area contributed by atoms with Crippen molar-refractivity contribution >= 4 is 141 Å². The second kappa shape index (κ2) is 24.8. The van der Waals surface area contributed by atoms with E-state index in [1.54, 1.807) is 0 Å². The Labute approximate surface area is 626 Å². The van der Waals surface area contributed by atoms with Crippen molar-refractivity contribution in [2.75, 3.05) is 0 Å². The van der Waals surface area contributed by atoms with Crippen LogP contribution >= 0.6 is 11.3 Å². The molecule has 0 atom stereocenters. The standard InChI is InChI=1S/C54H35N3.C48H30N2S/c1-4-14-40(15-5-1)55-49-22-12-11-21-44(49)47-34-38(28-32-51(47)55)36-24-26-37(27-25-36)39-29-33-52-48(35-39)46-31-30-45-43-20-10-13-23-50(43)56(41-16-6-2-7-17-41)53(45)54(46)57(52)42-18-8-3-9-19-42;1-3-11-35(12-4-1)49-42-17-9-7-15-37(42)40-29-33(23-26-43(40)49)31-19-21-32(22-20-31)34-24-27-44-41(30-34)47-45(50(44)36-13-5-2-6-14-36)28-25-39-38-16-8-10-18-46(38)51-48(39)47/h1-35H;1-30H. The normalized spacial score (nSPS) is 11.9. The van der Waals surface area contributed by atoms with Crippen molar-refractivity contribution in [2.45, 2.75) is 0 Å². The SMILES string of the molecule is c1ccc(-n2c3ccccc3c3cc(-c4ccc(-c5ccc6c(c5)c5c7sc8ccccc8c7ccc5n6-c5ccccc5)cc4)ccc32)cc1.c1ccc(-n2c3ccccc3c3cc(-c4ccc(-c5ccc6c(c5)c5ccc7c8ccccc8n(-c8ccccc8)c7c5n6-c5ccccc5)cc4)ccc32)cc1. The molecule has 0 saturated carbocycles. The number of benzene rings is 17. The lowest BCUT2D eigenvalue weighted by atomic mass is 9.98. The van der Waals surface area contributed by atoms with E-state index >= 15 is 0 Å². The van der Waals surface area contributed by atoms with Gasteiger partial charge in [0.25, 0.3) is 0 Å². The zero-order chi connectivity index (χ0) is 70.9. The summed E-state index contributed by atoms with van der Waals surface area (Å²) in [6.45, 7) is 0. The lowest BCUT2D eigenvalue weighted by Crippen LogP contribution is -1.98. The fourth-order valence-corrected chi connectivity index (χ4v) is 18.7. The first-order valence-corrected chi connectivity index (χ1v) is 37.9. The van der Waals surface area contributed by atoms with Crippen LogP contribution in [0.25, 0.3) is 202 Å². The van der Waals surface area contributed by atoms with E-state index in [0.29, 0.717) is 0 Å². The first-order valence-electron chi connectivity index (χ1n) is 37.0. The molecule has 23 rings (SSSR count).